The monoisotopic (exact) mass is 459 g/mol. The Morgan fingerprint density at radius 3 is 2.00 bits per heavy atom. The summed E-state index contributed by atoms with van der Waals surface area (Å²) in [5.74, 6) is 0. The first-order valence-electron chi connectivity index (χ1n) is 11.0. The van der Waals surface area contributed by atoms with E-state index in [1.165, 1.54) is 58.8 Å². The Balaban J connectivity index is 1.62. The average Bonchev–Trinajstić information content (AvgIpc) is 3.39. The zero-order valence-electron chi connectivity index (χ0n) is 17.6. The highest BCUT2D eigenvalue weighted by Gasteiger charge is 2.17. The van der Waals surface area contributed by atoms with Crippen LogP contribution in [0.5, 0.6) is 0 Å². The van der Waals surface area contributed by atoms with Crippen molar-refractivity contribution >= 4 is 64.9 Å². The topological polar surface area (TPSA) is 4.93 Å². The van der Waals surface area contributed by atoms with E-state index in [1.807, 2.05) is 17.4 Å². The Labute approximate surface area is 200 Å². The van der Waals surface area contributed by atoms with Gasteiger partial charge in [0.2, 0.25) is 0 Å². The summed E-state index contributed by atoms with van der Waals surface area (Å²) in [6, 6.07) is 38.9. The number of hydrogen-bond donors (Lipinski definition) is 0. The highest BCUT2D eigenvalue weighted by Crippen LogP contribution is 2.43. The Hall–Kier alpha value is -3.59. The van der Waals surface area contributed by atoms with Crippen molar-refractivity contribution in [3.05, 3.63) is 114 Å². The van der Waals surface area contributed by atoms with E-state index < -0.39 is 0 Å². The molecule has 33 heavy (non-hydrogen) atoms. The van der Waals surface area contributed by atoms with Crippen LogP contribution in [0.15, 0.2) is 109 Å². The highest BCUT2D eigenvalue weighted by atomic mass is 35.5. The molecule has 7 aromatic rings. The SMILES string of the molecule is Clc1ccc2sc3cccc(-c4ccccc4-n4c5ccccc5c5ccccc54)c3c2c1. The molecule has 0 bridgehead atoms. The predicted octanol–water partition coefficient (Wildman–Crippen LogP) is 9.47. The van der Waals surface area contributed by atoms with E-state index in [-0.39, 0.29) is 0 Å². The third-order valence-electron chi connectivity index (χ3n) is 6.47. The zero-order chi connectivity index (χ0) is 21.9. The van der Waals surface area contributed by atoms with Crippen molar-refractivity contribution in [3.8, 4) is 16.8 Å². The van der Waals surface area contributed by atoms with Gasteiger partial charge in [0.15, 0.2) is 0 Å². The molecule has 0 spiro atoms. The van der Waals surface area contributed by atoms with Crippen LogP contribution in [0.4, 0.5) is 0 Å². The largest absolute Gasteiger partial charge is 0.309 e. The summed E-state index contributed by atoms with van der Waals surface area (Å²) in [6.45, 7) is 0. The van der Waals surface area contributed by atoms with Crippen molar-refractivity contribution in [2.45, 2.75) is 0 Å². The van der Waals surface area contributed by atoms with Crippen molar-refractivity contribution in [1.82, 2.24) is 4.57 Å². The van der Waals surface area contributed by atoms with Crippen molar-refractivity contribution in [2.24, 2.45) is 0 Å². The van der Waals surface area contributed by atoms with Gasteiger partial charge in [-0.2, -0.15) is 0 Å². The second kappa shape index (κ2) is 7.21. The number of nitrogens with zero attached hydrogens (tertiary/aromatic N) is 1. The van der Waals surface area contributed by atoms with Crippen LogP contribution in [0.1, 0.15) is 0 Å². The minimum absolute atomic E-state index is 0.771. The fraction of sp³-hybridized carbons (Fsp3) is 0. The molecule has 156 valence electrons. The molecule has 0 aliphatic heterocycles. The maximum atomic E-state index is 6.42. The van der Waals surface area contributed by atoms with E-state index in [9.17, 15) is 0 Å². The van der Waals surface area contributed by atoms with E-state index in [2.05, 4.69) is 108 Å². The molecule has 0 unspecified atom stereocenters. The summed E-state index contributed by atoms with van der Waals surface area (Å²) in [7, 11) is 0. The van der Waals surface area contributed by atoms with E-state index in [1.54, 1.807) is 0 Å². The summed E-state index contributed by atoms with van der Waals surface area (Å²) >= 11 is 8.24. The van der Waals surface area contributed by atoms with Crippen LogP contribution < -0.4 is 0 Å². The fourth-order valence-corrected chi connectivity index (χ4v) is 6.39. The maximum absolute atomic E-state index is 6.42. The number of benzene rings is 5. The number of para-hydroxylation sites is 3. The number of fused-ring (bicyclic) bond motifs is 6. The highest BCUT2D eigenvalue weighted by molar-refractivity contribution is 7.26. The van der Waals surface area contributed by atoms with E-state index in [0.717, 1.165) is 5.02 Å². The predicted molar refractivity (Wildman–Crippen MR) is 144 cm³/mol. The summed E-state index contributed by atoms with van der Waals surface area (Å²) in [6.07, 6.45) is 0. The lowest BCUT2D eigenvalue weighted by molar-refractivity contribution is 1.18. The number of rotatable bonds is 2. The lowest BCUT2D eigenvalue weighted by atomic mass is 9.98. The Morgan fingerprint density at radius 1 is 0.545 bits per heavy atom. The molecule has 7 rings (SSSR count). The second-order valence-corrected chi connectivity index (χ2v) is 9.83. The standard InChI is InChI=1S/C30H18ClNS/c31-19-16-17-28-24(18-19)30-23(11-7-15-29(30)33-28)22-10-3-6-14-27(22)32-25-12-4-1-8-20(25)21-9-2-5-13-26(21)32/h1-18H. The number of hydrogen-bond acceptors (Lipinski definition) is 1. The van der Waals surface area contributed by atoms with Crippen molar-refractivity contribution in [3.63, 3.8) is 0 Å². The van der Waals surface area contributed by atoms with Crippen LogP contribution in [-0.4, -0.2) is 4.57 Å². The molecular weight excluding hydrogens is 442 g/mol. The second-order valence-electron chi connectivity index (χ2n) is 8.31. The molecule has 0 amide bonds. The molecule has 0 saturated heterocycles. The first kappa shape index (κ1) is 18.9. The summed E-state index contributed by atoms with van der Waals surface area (Å²) < 4.78 is 4.94. The van der Waals surface area contributed by atoms with Gasteiger partial charge < -0.3 is 4.57 Å². The summed E-state index contributed by atoms with van der Waals surface area (Å²) in [5.41, 5.74) is 6.07. The van der Waals surface area contributed by atoms with Crippen LogP contribution in [-0.2, 0) is 0 Å². The molecule has 0 N–H and O–H groups in total. The average molecular weight is 460 g/mol. The molecule has 5 aromatic carbocycles. The molecule has 0 aliphatic rings. The van der Waals surface area contributed by atoms with Crippen LogP contribution in [0, 0.1) is 0 Å². The molecular formula is C30H18ClNS. The smallest absolute Gasteiger partial charge is 0.0541 e. The third kappa shape index (κ3) is 2.78. The van der Waals surface area contributed by atoms with Gasteiger partial charge in [0.05, 0.1) is 16.7 Å². The van der Waals surface area contributed by atoms with Gasteiger partial charge in [0, 0.05) is 41.5 Å². The number of halogens is 1. The molecule has 0 saturated carbocycles. The van der Waals surface area contributed by atoms with E-state index in [0.29, 0.717) is 0 Å². The van der Waals surface area contributed by atoms with Crippen molar-refractivity contribution < 1.29 is 0 Å². The van der Waals surface area contributed by atoms with Gasteiger partial charge in [-0.25, -0.2) is 0 Å². The van der Waals surface area contributed by atoms with Crippen LogP contribution in [0.25, 0.3) is 58.8 Å². The minimum Gasteiger partial charge on any atom is -0.309 e. The molecule has 0 fully saturated rings. The Kier molecular flexibility index (Phi) is 4.14. The van der Waals surface area contributed by atoms with Gasteiger partial charge in [-0.3, -0.25) is 0 Å². The minimum atomic E-state index is 0.771. The molecule has 3 heteroatoms. The van der Waals surface area contributed by atoms with Gasteiger partial charge in [-0.05, 0) is 48.0 Å². The maximum Gasteiger partial charge on any atom is 0.0541 e. The van der Waals surface area contributed by atoms with E-state index >= 15 is 0 Å². The Morgan fingerprint density at radius 2 is 1.21 bits per heavy atom. The van der Waals surface area contributed by atoms with Crippen LogP contribution in [0.2, 0.25) is 5.02 Å². The van der Waals surface area contributed by atoms with Gasteiger partial charge in [0.25, 0.3) is 0 Å². The lowest BCUT2D eigenvalue weighted by Gasteiger charge is -2.15. The van der Waals surface area contributed by atoms with Crippen LogP contribution >= 0.6 is 22.9 Å². The third-order valence-corrected chi connectivity index (χ3v) is 7.84. The van der Waals surface area contributed by atoms with Crippen molar-refractivity contribution in [1.29, 1.82) is 0 Å². The first-order chi connectivity index (χ1) is 16.3. The fourth-order valence-electron chi connectivity index (χ4n) is 5.10. The van der Waals surface area contributed by atoms with Gasteiger partial charge in [-0.15, -0.1) is 11.3 Å². The van der Waals surface area contributed by atoms with E-state index in [4.69, 9.17) is 11.6 Å². The van der Waals surface area contributed by atoms with Gasteiger partial charge >= 0.3 is 0 Å². The molecule has 2 heterocycles. The molecule has 1 nitrogen and oxygen atoms in total. The number of thiophene rings is 1. The normalized spacial score (nSPS) is 11.8. The van der Waals surface area contributed by atoms with Gasteiger partial charge in [0.1, 0.15) is 0 Å². The van der Waals surface area contributed by atoms with Gasteiger partial charge in [-0.1, -0.05) is 78.3 Å². The summed E-state index contributed by atoms with van der Waals surface area (Å²) in [4.78, 5) is 0. The Bertz CT molecular complexity index is 1790. The first-order valence-corrected chi connectivity index (χ1v) is 12.2. The molecule has 0 radical (unpaired) electrons. The van der Waals surface area contributed by atoms with Crippen molar-refractivity contribution in [2.75, 3.05) is 0 Å². The zero-order valence-corrected chi connectivity index (χ0v) is 19.2. The quantitative estimate of drug-likeness (QED) is 0.242. The van der Waals surface area contributed by atoms with Crippen LogP contribution in [0.3, 0.4) is 0 Å². The molecule has 2 aromatic heterocycles. The summed E-state index contributed by atoms with van der Waals surface area (Å²) in [5, 5.41) is 5.80. The lowest BCUT2D eigenvalue weighted by Crippen LogP contribution is -1.97. The molecule has 0 atom stereocenters. The molecule has 0 aliphatic carbocycles. The number of aromatic nitrogens is 1.